The van der Waals surface area contributed by atoms with Crippen molar-refractivity contribution in [1.82, 2.24) is 29.0 Å². The second-order valence-corrected chi connectivity index (χ2v) is 8.27. The van der Waals surface area contributed by atoms with Gasteiger partial charge >= 0.3 is 5.69 Å². The molecule has 10 nitrogen and oxygen atoms in total. The number of piperazine rings is 1. The van der Waals surface area contributed by atoms with Gasteiger partial charge in [0.15, 0.2) is 11.5 Å². The molecule has 3 aromatic heterocycles. The van der Waals surface area contributed by atoms with Crippen molar-refractivity contribution in [3.8, 4) is 11.4 Å². The van der Waals surface area contributed by atoms with Gasteiger partial charge in [0.1, 0.15) is 17.7 Å². The number of fused-ring (bicyclic) bond motifs is 1. The van der Waals surface area contributed by atoms with Crippen molar-refractivity contribution >= 4 is 22.8 Å². The predicted molar refractivity (Wildman–Crippen MR) is 132 cm³/mol. The van der Waals surface area contributed by atoms with Gasteiger partial charge in [-0.25, -0.2) is 19.7 Å². The number of amides is 1. The number of benzene rings is 1. The van der Waals surface area contributed by atoms with Crippen LogP contribution in [0.3, 0.4) is 0 Å². The smallest absolute Gasteiger partial charge is 0.333 e. The zero-order valence-corrected chi connectivity index (χ0v) is 19.4. The van der Waals surface area contributed by atoms with Crippen LogP contribution >= 0.6 is 0 Å². The Balaban J connectivity index is 1.41. The molecule has 4 aromatic rings. The molecule has 0 saturated carbocycles. The van der Waals surface area contributed by atoms with E-state index in [1.165, 1.54) is 10.8 Å². The largest absolute Gasteiger partial charge is 0.353 e. The minimum absolute atomic E-state index is 0.207. The molecule has 1 amide bonds. The highest BCUT2D eigenvalue weighted by Crippen LogP contribution is 2.16. The van der Waals surface area contributed by atoms with Gasteiger partial charge < -0.3 is 9.80 Å². The van der Waals surface area contributed by atoms with Crippen LogP contribution in [0.5, 0.6) is 0 Å². The van der Waals surface area contributed by atoms with E-state index in [2.05, 4.69) is 19.9 Å². The first kappa shape index (κ1) is 22.5. The molecule has 10 heteroatoms. The maximum Gasteiger partial charge on any atom is 0.333 e. The van der Waals surface area contributed by atoms with Crippen molar-refractivity contribution in [3.05, 3.63) is 81.8 Å². The first-order valence-corrected chi connectivity index (χ1v) is 11.6. The molecule has 1 aliphatic heterocycles. The second kappa shape index (κ2) is 9.49. The van der Waals surface area contributed by atoms with Gasteiger partial charge in [-0.2, -0.15) is 0 Å². The van der Waals surface area contributed by atoms with E-state index in [0.717, 1.165) is 15.9 Å². The highest BCUT2D eigenvalue weighted by atomic mass is 16.2. The summed E-state index contributed by atoms with van der Waals surface area (Å²) < 4.78 is 2.40. The molecule has 1 aromatic carbocycles. The van der Waals surface area contributed by atoms with Gasteiger partial charge in [-0.15, -0.1) is 0 Å². The fourth-order valence-electron chi connectivity index (χ4n) is 4.31. The zero-order valence-electron chi connectivity index (χ0n) is 19.4. The highest BCUT2D eigenvalue weighted by molar-refractivity contribution is 5.78. The molecule has 0 bridgehead atoms. The lowest BCUT2D eigenvalue weighted by atomic mass is 10.2. The number of nitrogens with zero attached hydrogens (tertiary/aromatic N) is 7. The van der Waals surface area contributed by atoms with Gasteiger partial charge in [-0.3, -0.25) is 18.7 Å². The standard InChI is InChI=1S/C25H25N7O3/c1-2-31-23-19(16-27-22(28-23)18-8-4-3-5-9-18)24(34)32(25(31)35)17-21(33)30-14-12-29(13-15-30)20-10-6-7-11-26-20/h3-11,16H,2,12-15,17H2,1H3. The normalized spacial score (nSPS) is 13.9. The van der Waals surface area contributed by atoms with Crippen LogP contribution in [-0.2, 0) is 17.9 Å². The SMILES string of the molecule is CCn1c(=O)n(CC(=O)N2CCN(c3ccccn3)CC2)c(=O)c2cnc(-c3ccccc3)nc21. The third kappa shape index (κ3) is 4.30. The molecule has 1 saturated heterocycles. The van der Waals surface area contributed by atoms with Crippen LogP contribution in [0, 0.1) is 0 Å². The number of aryl methyl sites for hydroxylation is 1. The van der Waals surface area contributed by atoms with Crippen molar-refractivity contribution in [2.24, 2.45) is 0 Å². The Bertz CT molecular complexity index is 1470. The summed E-state index contributed by atoms with van der Waals surface area (Å²) in [5.74, 6) is 1.03. The highest BCUT2D eigenvalue weighted by Gasteiger charge is 2.24. The van der Waals surface area contributed by atoms with Gasteiger partial charge in [0.2, 0.25) is 5.91 Å². The van der Waals surface area contributed by atoms with Crippen LogP contribution in [0.25, 0.3) is 22.4 Å². The first-order chi connectivity index (χ1) is 17.1. The average molecular weight is 472 g/mol. The lowest BCUT2D eigenvalue weighted by Crippen LogP contribution is -2.51. The van der Waals surface area contributed by atoms with Crippen LogP contribution in [0.1, 0.15) is 6.92 Å². The lowest BCUT2D eigenvalue weighted by molar-refractivity contribution is -0.132. The average Bonchev–Trinajstić information content (AvgIpc) is 2.92. The first-order valence-electron chi connectivity index (χ1n) is 11.6. The summed E-state index contributed by atoms with van der Waals surface area (Å²) in [5, 5.41) is 0.207. The van der Waals surface area contributed by atoms with E-state index in [9.17, 15) is 14.4 Å². The van der Waals surface area contributed by atoms with Gasteiger partial charge in [-0.05, 0) is 19.1 Å². The predicted octanol–water partition coefficient (Wildman–Crippen LogP) is 1.38. The summed E-state index contributed by atoms with van der Waals surface area (Å²) in [6, 6.07) is 15.1. The fourth-order valence-corrected chi connectivity index (χ4v) is 4.31. The number of aromatic nitrogens is 5. The van der Waals surface area contributed by atoms with Crippen LogP contribution in [0.2, 0.25) is 0 Å². The summed E-state index contributed by atoms with van der Waals surface area (Å²) >= 11 is 0. The number of hydrogen-bond acceptors (Lipinski definition) is 7. The Morgan fingerprint density at radius 3 is 2.34 bits per heavy atom. The Labute approximate surface area is 201 Å². The Hall–Kier alpha value is -4.34. The summed E-state index contributed by atoms with van der Waals surface area (Å²) in [4.78, 5) is 56.5. The van der Waals surface area contributed by atoms with E-state index >= 15 is 0 Å². The van der Waals surface area contributed by atoms with E-state index < -0.39 is 11.2 Å². The van der Waals surface area contributed by atoms with E-state index in [-0.39, 0.29) is 23.5 Å². The molecule has 178 valence electrons. The molecule has 0 aliphatic carbocycles. The number of rotatable bonds is 5. The van der Waals surface area contributed by atoms with Gasteiger partial charge in [-0.1, -0.05) is 36.4 Å². The fraction of sp³-hybridized carbons (Fsp3) is 0.280. The third-order valence-corrected chi connectivity index (χ3v) is 6.21. The maximum atomic E-state index is 13.2. The minimum Gasteiger partial charge on any atom is -0.353 e. The number of carbonyl (C=O) groups excluding carboxylic acids is 1. The van der Waals surface area contributed by atoms with Gasteiger partial charge in [0.05, 0.1) is 0 Å². The summed E-state index contributed by atoms with van der Waals surface area (Å²) in [5.41, 5.74) is -0.0595. The molecule has 4 heterocycles. The Morgan fingerprint density at radius 1 is 0.914 bits per heavy atom. The monoisotopic (exact) mass is 471 g/mol. The van der Waals surface area contributed by atoms with Crippen molar-refractivity contribution in [2.75, 3.05) is 31.1 Å². The Morgan fingerprint density at radius 2 is 1.66 bits per heavy atom. The number of anilines is 1. The summed E-state index contributed by atoms with van der Waals surface area (Å²) in [6.45, 7) is 4.02. The molecule has 0 N–H and O–H groups in total. The number of pyridine rings is 1. The number of hydrogen-bond donors (Lipinski definition) is 0. The van der Waals surface area contributed by atoms with Crippen molar-refractivity contribution in [1.29, 1.82) is 0 Å². The molecule has 35 heavy (non-hydrogen) atoms. The molecule has 1 fully saturated rings. The molecule has 0 spiro atoms. The van der Waals surface area contributed by atoms with E-state index in [0.29, 0.717) is 38.5 Å². The van der Waals surface area contributed by atoms with Crippen LogP contribution in [0.15, 0.2) is 70.5 Å². The zero-order chi connectivity index (χ0) is 24.4. The van der Waals surface area contributed by atoms with Crippen LogP contribution < -0.4 is 16.1 Å². The maximum absolute atomic E-state index is 13.2. The van der Waals surface area contributed by atoms with Crippen LogP contribution in [-0.4, -0.2) is 61.1 Å². The lowest BCUT2D eigenvalue weighted by Gasteiger charge is -2.35. The summed E-state index contributed by atoms with van der Waals surface area (Å²) in [6.07, 6.45) is 3.18. The molecular weight excluding hydrogens is 446 g/mol. The van der Waals surface area contributed by atoms with Crippen molar-refractivity contribution in [3.63, 3.8) is 0 Å². The minimum atomic E-state index is -0.560. The van der Waals surface area contributed by atoms with Crippen molar-refractivity contribution < 1.29 is 4.79 Å². The molecule has 5 rings (SSSR count). The Kier molecular flexibility index (Phi) is 6.09. The molecule has 0 atom stereocenters. The molecule has 0 unspecified atom stereocenters. The second-order valence-electron chi connectivity index (χ2n) is 8.27. The topological polar surface area (TPSA) is 106 Å². The van der Waals surface area contributed by atoms with Gasteiger partial charge in [0.25, 0.3) is 5.56 Å². The van der Waals surface area contributed by atoms with Crippen molar-refractivity contribution in [2.45, 2.75) is 20.0 Å². The molecule has 0 radical (unpaired) electrons. The quantitative estimate of drug-likeness (QED) is 0.433. The molecule has 1 aliphatic rings. The van der Waals surface area contributed by atoms with E-state index in [1.54, 1.807) is 18.0 Å². The molecular formula is C25H25N7O3. The third-order valence-electron chi connectivity index (χ3n) is 6.21. The number of carbonyl (C=O) groups is 1. The van der Waals surface area contributed by atoms with Crippen LogP contribution in [0.4, 0.5) is 5.82 Å². The van der Waals surface area contributed by atoms with E-state index in [4.69, 9.17) is 0 Å². The summed E-state index contributed by atoms with van der Waals surface area (Å²) in [7, 11) is 0. The van der Waals surface area contributed by atoms with E-state index in [1.807, 2.05) is 48.5 Å². The van der Waals surface area contributed by atoms with Gasteiger partial charge in [0, 0.05) is 50.7 Å².